The largest absolute Gasteiger partial charge is 0.459 e. The summed E-state index contributed by atoms with van der Waals surface area (Å²) in [6.45, 7) is 2.53. The van der Waals surface area contributed by atoms with Gasteiger partial charge in [0.1, 0.15) is 17.9 Å². The molecule has 1 atom stereocenters. The third kappa shape index (κ3) is 3.45. The second kappa shape index (κ2) is 5.87. The standard InChI is InChI=1S/C13H14N4O2/c1-10(3-6-17-5-2-4-16-17)19-13(18)11-7-12(8-14)15-9-11/h2,4-5,7,9-10,15H,3,6H2,1H3/t10-/m0/s1. The van der Waals surface area contributed by atoms with Crippen LogP contribution in [0.15, 0.2) is 30.7 Å². The van der Waals surface area contributed by atoms with E-state index in [1.54, 1.807) is 10.9 Å². The average molecular weight is 258 g/mol. The van der Waals surface area contributed by atoms with Crippen LogP contribution in [-0.4, -0.2) is 26.8 Å². The van der Waals surface area contributed by atoms with E-state index in [9.17, 15) is 4.79 Å². The molecule has 0 aliphatic heterocycles. The van der Waals surface area contributed by atoms with E-state index in [1.165, 1.54) is 12.3 Å². The maximum absolute atomic E-state index is 11.8. The van der Waals surface area contributed by atoms with E-state index in [0.29, 0.717) is 24.2 Å². The molecule has 2 aromatic rings. The Hall–Kier alpha value is -2.55. The van der Waals surface area contributed by atoms with Crippen LogP contribution in [0.2, 0.25) is 0 Å². The summed E-state index contributed by atoms with van der Waals surface area (Å²) in [5, 5.41) is 12.7. The van der Waals surface area contributed by atoms with Crippen LogP contribution in [0.4, 0.5) is 0 Å². The average Bonchev–Trinajstić information content (AvgIpc) is 3.07. The lowest BCUT2D eigenvalue weighted by atomic mass is 10.2. The molecule has 6 heteroatoms. The molecular formula is C13H14N4O2. The zero-order valence-corrected chi connectivity index (χ0v) is 10.5. The Morgan fingerprint density at radius 3 is 3.16 bits per heavy atom. The lowest BCUT2D eigenvalue weighted by Crippen LogP contribution is -2.17. The van der Waals surface area contributed by atoms with E-state index < -0.39 is 5.97 Å². The summed E-state index contributed by atoms with van der Waals surface area (Å²) in [5.41, 5.74) is 0.707. The number of hydrogen-bond acceptors (Lipinski definition) is 4. The molecule has 0 amide bonds. The lowest BCUT2D eigenvalue weighted by Gasteiger charge is -2.12. The molecule has 0 aliphatic carbocycles. The number of nitrogens with one attached hydrogen (secondary N) is 1. The van der Waals surface area contributed by atoms with Crippen LogP contribution in [0, 0.1) is 11.3 Å². The fraction of sp³-hybridized carbons (Fsp3) is 0.308. The number of hydrogen-bond donors (Lipinski definition) is 1. The number of nitriles is 1. The normalized spacial score (nSPS) is 11.8. The van der Waals surface area contributed by atoms with E-state index in [4.69, 9.17) is 10.00 Å². The fourth-order valence-electron chi connectivity index (χ4n) is 1.63. The number of carbonyl (C=O) groups excluding carboxylic acids is 1. The van der Waals surface area contributed by atoms with Crippen molar-refractivity contribution in [2.75, 3.05) is 0 Å². The third-order valence-corrected chi connectivity index (χ3v) is 2.67. The SMILES string of the molecule is C[C@@H](CCn1cccn1)OC(=O)c1c[nH]c(C#N)c1. The molecule has 6 nitrogen and oxygen atoms in total. The van der Waals surface area contributed by atoms with Crippen molar-refractivity contribution in [1.82, 2.24) is 14.8 Å². The molecule has 0 spiro atoms. The van der Waals surface area contributed by atoms with Crippen LogP contribution in [0.3, 0.4) is 0 Å². The van der Waals surface area contributed by atoms with Crippen LogP contribution in [0.5, 0.6) is 0 Å². The highest BCUT2D eigenvalue weighted by Crippen LogP contribution is 2.08. The summed E-state index contributed by atoms with van der Waals surface area (Å²) in [6, 6.07) is 5.25. The maximum atomic E-state index is 11.8. The van der Waals surface area contributed by atoms with Crippen molar-refractivity contribution >= 4 is 5.97 Å². The smallest absolute Gasteiger partial charge is 0.339 e. The van der Waals surface area contributed by atoms with Crippen molar-refractivity contribution in [3.8, 4) is 6.07 Å². The second-order valence-corrected chi connectivity index (χ2v) is 4.19. The van der Waals surface area contributed by atoms with Gasteiger partial charge in [-0.25, -0.2) is 4.79 Å². The van der Waals surface area contributed by atoms with Crippen molar-refractivity contribution in [2.45, 2.75) is 26.0 Å². The monoisotopic (exact) mass is 258 g/mol. The van der Waals surface area contributed by atoms with Gasteiger partial charge < -0.3 is 9.72 Å². The molecule has 2 aromatic heterocycles. The van der Waals surface area contributed by atoms with Crippen molar-refractivity contribution in [3.63, 3.8) is 0 Å². The Morgan fingerprint density at radius 2 is 2.53 bits per heavy atom. The van der Waals surface area contributed by atoms with E-state index in [2.05, 4.69) is 10.1 Å². The minimum absolute atomic E-state index is 0.211. The zero-order valence-electron chi connectivity index (χ0n) is 10.5. The van der Waals surface area contributed by atoms with Gasteiger partial charge in [-0.1, -0.05) is 0 Å². The number of aromatic amines is 1. The Labute approximate surface area is 110 Å². The minimum atomic E-state index is -0.425. The molecule has 0 saturated carbocycles. The van der Waals surface area contributed by atoms with Crippen molar-refractivity contribution in [3.05, 3.63) is 42.0 Å². The molecule has 0 unspecified atom stereocenters. The summed E-state index contributed by atoms with van der Waals surface area (Å²) in [7, 11) is 0. The van der Waals surface area contributed by atoms with E-state index in [1.807, 2.05) is 25.3 Å². The second-order valence-electron chi connectivity index (χ2n) is 4.19. The molecule has 0 bridgehead atoms. The van der Waals surface area contributed by atoms with Crippen LogP contribution < -0.4 is 0 Å². The van der Waals surface area contributed by atoms with Crippen molar-refractivity contribution < 1.29 is 9.53 Å². The van der Waals surface area contributed by atoms with E-state index >= 15 is 0 Å². The Bertz CT molecular complexity index is 580. The molecule has 0 aliphatic rings. The summed E-state index contributed by atoms with van der Waals surface area (Å²) < 4.78 is 7.07. The Morgan fingerprint density at radius 1 is 1.68 bits per heavy atom. The van der Waals surface area contributed by atoms with Gasteiger partial charge in [0.2, 0.25) is 0 Å². The number of ether oxygens (including phenoxy) is 1. The topological polar surface area (TPSA) is 83.7 Å². The first-order valence-electron chi connectivity index (χ1n) is 5.96. The van der Waals surface area contributed by atoms with Gasteiger partial charge in [-0.15, -0.1) is 0 Å². The number of aromatic nitrogens is 3. The van der Waals surface area contributed by atoms with Crippen molar-refractivity contribution in [2.24, 2.45) is 0 Å². The third-order valence-electron chi connectivity index (χ3n) is 2.67. The van der Waals surface area contributed by atoms with Gasteiger partial charge in [-0.05, 0) is 19.1 Å². The summed E-state index contributed by atoms with van der Waals surface area (Å²) in [6.07, 6.45) is 5.52. The fourth-order valence-corrected chi connectivity index (χ4v) is 1.63. The predicted octanol–water partition coefficient (Wildman–Crippen LogP) is 1.72. The van der Waals surface area contributed by atoms with E-state index in [-0.39, 0.29) is 6.10 Å². The highest BCUT2D eigenvalue weighted by molar-refractivity contribution is 5.89. The van der Waals surface area contributed by atoms with Gasteiger partial charge in [-0.3, -0.25) is 4.68 Å². The maximum Gasteiger partial charge on any atom is 0.339 e. The molecule has 1 N–H and O–H groups in total. The molecule has 2 rings (SSSR count). The quantitative estimate of drug-likeness (QED) is 0.827. The molecule has 0 radical (unpaired) electrons. The van der Waals surface area contributed by atoms with Gasteiger partial charge in [0.15, 0.2) is 0 Å². The number of esters is 1. The number of aryl methyl sites for hydroxylation is 1. The lowest BCUT2D eigenvalue weighted by molar-refractivity contribution is 0.0314. The molecule has 19 heavy (non-hydrogen) atoms. The first-order chi connectivity index (χ1) is 9.19. The summed E-state index contributed by atoms with van der Waals surface area (Å²) in [4.78, 5) is 14.5. The van der Waals surface area contributed by atoms with Crippen LogP contribution in [-0.2, 0) is 11.3 Å². The highest BCUT2D eigenvalue weighted by atomic mass is 16.5. The van der Waals surface area contributed by atoms with Gasteiger partial charge in [-0.2, -0.15) is 10.4 Å². The summed E-state index contributed by atoms with van der Waals surface area (Å²) >= 11 is 0. The first kappa shape index (κ1) is 12.9. The first-order valence-corrected chi connectivity index (χ1v) is 5.96. The van der Waals surface area contributed by atoms with Gasteiger partial charge >= 0.3 is 5.97 Å². The molecule has 0 aromatic carbocycles. The molecule has 0 saturated heterocycles. The van der Waals surface area contributed by atoms with Gasteiger partial charge in [0.25, 0.3) is 0 Å². The summed E-state index contributed by atoms with van der Waals surface area (Å²) in [5.74, 6) is -0.425. The van der Waals surface area contributed by atoms with Crippen LogP contribution in [0.1, 0.15) is 29.4 Å². The van der Waals surface area contributed by atoms with Gasteiger partial charge in [0, 0.05) is 31.6 Å². The number of rotatable bonds is 5. The van der Waals surface area contributed by atoms with Crippen LogP contribution >= 0.6 is 0 Å². The predicted molar refractivity (Wildman–Crippen MR) is 67.2 cm³/mol. The number of nitrogens with zero attached hydrogens (tertiary/aromatic N) is 3. The Kier molecular flexibility index (Phi) is 3.98. The van der Waals surface area contributed by atoms with Crippen molar-refractivity contribution in [1.29, 1.82) is 5.26 Å². The number of carbonyl (C=O) groups is 1. The molecular weight excluding hydrogens is 244 g/mol. The van der Waals surface area contributed by atoms with Gasteiger partial charge in [0.05, 0.1) is 5.56 Å². The minimum Gasteiger partial charge on any atom is -0.459 e. The highest BCUT2D eigenvalue weighted by Gasteiger charge is 2.13. The Balaban J connectivity index is 1.83. The van der Waals surface area contributed by atoms with Crippen LogP contribution in [0.25, 0.3) is 0 Å². The molecule has 98 valence electrons. The molecule has 0 fully saturated rings. The zero-order chi connectivity index (χ0) is 13.7. The number of H-pyrrole nitrogens is 1. The van der Waals surface area contributed by atoms with E-state index in [0.717, 1.165) is 0 Å². The molecule has 2 heterocycles.